The van der Waals surface area contributed by atoms with E-state index in [9.17, 15) is 5.11 Å². The van der Waals surface area contributed by atoms with Crippen LogP contribution < -0.4 is 4.74 Å². The molecule has 1 N–H and O–H groups in total. The molecule has 1 atom stereocenters. The molecular formula is C16H23NO2. The van der Waals surface area contributed by atoms with Crippen LogP contribution in [0.3, 0.4) is 0 Å². The Morgan fingerprint density at radius 3 is 2.58 bits per heavy atom. The summed E-state index contributed by atoms with van der Waals surface area (Å²) in [7, 11) is 1.68. The molecule has 1 saturated heterocycles. The first-order valence-corrected chi connectivity index (χ1v) is 7.32. The van der Waals surface area contributed by atoms with Gasteiger partial charge in [-0.3, -0.25) is 0 Å². The Morgan fingerprint density at radius 1 is 1.26 bits per heavy atom. The van der Waals surface area contributed by atoms with Gasteiger partial charge in [0.25, 0.3) is 0 Å². The topological polar surface area (TPSA) is 32.7 Å². The van der Waals surface area contributed by atoms with Crippen LogP contribution in [0.5, 0.6) is 5.75 Å². The molecule has 0 bridgehead atoms. The van der Waals surface area contributed by atoms with E-state index in [-0.39, 0.29) is 0 Å². The number of methoxy groups -OCH3 is 1. The monoisotopic (exact) mass is 261 g/mol. The summed E-state index contributed by atoms with van der Waals surface area (Å²) in [6, 6.07) is 7.93. The minimum Gasteiger partial charge on any atom is -0.496 e. The molecule has 104 valence electrons. The molecule has 2 aliphatic rings. The minimum absolute atomic E-state index is 0.393. The maximum Gasteiger partial charge on any atom is 0.125 e. The third-order valence-corrected chi connectivity index (χ3v) is 4.49. The molecule has 1 saturated carbocycles. The van der Waals surface area contributed by atoms with Crippen molar-refractivity contribution in [3.8, 4) is 5.75 Å². The predicted molar refractivity (Wildman–Crippen MR) is 75.3 cm³/mol. The summed E-state index contributed by atoms with van der Waals surface area (Å²) in [5.41, 5.74) is 0.226. The molecule has 3 heteroatoms. The summed E-state index contributed by atoms with van der Waals surface area (Å²) in [6.07, 6.45) is 4.77. The number of likely N-dealkylation sites (tertiary alicyclic amines) is 1. The van der Waals surface area contributed by atoms with Gasteiger partial charge in [-0.25, -0.2) is 0 Å². The van der Waals surface area contributed by atoms with Crippen LogP contribution in [0.2, 0.25) is 0 Å². The van der Waals surface area contributed by atoms with Gasteiger partial charge in [0.15, 0.2) is 0 Å². The maximum atomic E-state index is 11.3. The Balaban J connectivity index is 1.90. The van der Waals surface area contributed by atoms with Crippen LogP contribution in [0.1, 0.15) is 31.2 Å². The van der Waals surface area contributed by atoms with E-state index in [0.29, 0.717) is 5.92 Å². The van der Waals surface area contributed by atoms with Crippen LogP contribution in [0, 0.1) is 5.92 Å². The number of ether oxygens (including phenoxy) is 1. The SMILES string of the molecule is COc1ccccc1C(O)(CN1CCCC1)C1CC1. The number of rotatable bonds is 5. The molecule has 1 unspecified atom stereocenters. The Kier molecular flexibility index (Phi) is 3.50. The van der Waals surface area contributed by atoms with Crippen LogP contribution in [0.25, 0.3) is 0 Å². The van der Waals surface area contributed by atoms with Crippen molar-refractivity contribution in [1.29, 1.82) is 0 Å². The van der Waals surface area contributed by atoms with Crippen molar-refractivity contribution < 1.29 is 9.84 Å². The number of β-amino-alcohol motifs (C(OH)–C–C–N with tert-alkyl or cyclic N) is 1. The number of nitrogens with zero attached hydrogens (tertiary/aromatic N) is 1. The molecule has 0 amide bonds. The van der Waals surface area contributed by atoms with Gasteiger partial charge in [0.1, 0.15) is 11.4 Å². The van der Waals surface area contributed by atoms with Gasteiger partial charge in [0.05, 0.1) is 7.11 Å². The van der Waals surface area contributed by atoms with Gasteiger partial charge in [-0.1, -0.05) is 18.2 Å². The van der Waals surface area contributed by atoms with Crippen molar-refractivity contribution in [2.75, 3.05) is 26.7 Å². The molecular weight excluding hydrogens is 238 g/mol. The van der Waals surface area contributed by atoms with E-state index in [1.165, 1.54) is 12.8 Å². The lowest BCUT2D eigenvalue weighted by atomic mass is 9.87. The van der Waals surface area contributed by atoms with Gasteiger partial charge in [-0.15, -0.1) is 0 Å². The van der Waals surface area contributed by atoms with Gasteiger partial charge < -0.3 is 14.7 Å². The summed E-state index contributed by atoms with van der Waals surface area (Å²) in [4.78, 5) is 2.39. The van der Waals surface area contributed by atoms with E-state index in [2.05, 4.69) is 4.90 Å². The van der Waals surface area contributed by atoms with E-state index in [0.717, 1.165) is 43.8 Å². The first-order valence-electron chi connectivity index (χ1n) is 7.32. The average molecular weight is 261 g/mol. The van der Waals surface area contributed by atoms with Gasteiger partial charge in [-0.05, 0) is 50.8 Å². The number of hydrogen-bond donors (Lipinski definition) is 1. The van der Waals surface area contributed by atoms with Gasteiger partial charge in [0, 0.05) is 12.1 Å². The van der Waals surface area contributed by atoms with Gasteiger partial charge in [-0.2, -0.15) is 0 Å². The van der Waals surface area contributed by atoms with E-state index in [1.54, 1.807) is 7.11 Å². The van der Waals surface area contributed by atoms with Crippen molar-refractivity contribution in [2.24, 2.45) is 5.92 Å². The molecule has 0 radical (unpaired) electrons. The van der Waals surface area contributed by atoms with Gasteiger partial charge in [0.2, 0.25) is 0 Å². The van der Waals surface area contributed by atoms with Crippen LogP contribution in [-0.2, 0) is 5.60 Å². The number of para-hydroxylation sites is 1. The fourth-order valence-electron chi connectivity index (χ4n) is 3.28. The molecule has 0 spiro atoms. The third kappa shape index (κ3) is 2.49. The lowest BCUT2D eigenvalue weighted by Gasteiger charge is -2.34. The van der Waals surface area contributed by atoms with Crippen molar-refractivity contribution in [3.05, 3.63) is 29.8 Å². The van der Waals surface area contributed by atoms with Crippen LogP contribution >= 0.6 is 0 Å². The second-order valence-corrected chi connectivity index (χ2v) is 5.88. The van der Waals surface area contributed by atoms with Gasteiger partial charge >= 0.3 is 0 Å². The van der Waals surface area contributed by atoms with E-state index in [4.69, 9.17) is 4.74 Å². The third-order valence-electron chi connectivity index (χ3n) is 4.49. The summed E-state index contributed by atoms with van der Waals surface area (Å²) in [6.45, 7) is 2.98. The molecule has 1 heterocycles. The fourth-order valence-corrected chi connectivity index (χ4v) is 3.28. The molecule has 2 fully saturated rings. The highest BCUT2D eigenvalue weighted by atomic mass is 16.5. The molecule has 1 aromatic carbocycles. The van der Waals surface area contributed by atoms with Crippen LogP contribution in [-0.4, -0.2) is 36.8 Å². The largest absolute Gasteiger partial charge is 0.496 e. The standard InChI is InChI=1S/C16H23NO2/c1-19-15-7-3-2-6-14(15)16(18,13-8-9-13)12-17-10-4-5-11-17/h2-3,6-7,13,18H,4-5,8-12H2,1H3. The normalized spacial score (nSPS) is 23.3. The van der Waals surface area contributed by atoms with E-state index in [1.807, 2.05) is 24.3 Å². The zero-order chi connectivity index (χ0) is 13.3. The van der Waals surface area contributed by atoms with Crippen LogP contribution in [0.15, 0.2) is 24.3 Å². The first kappa shape index (κ1) is 12.9. The Bertz CT molecular complexity index is 438. The van der Waals surface area contributed by atoms with Crippen molar-refractivity contribution in [2.45, 2.75) is 31.3 Å². The number of benzene rings is 1. The Morgan fingerprint density at radius 2 is 1.95 bits per heavy atom. The smallest absolute Gasteiger partial charge is 0.125 e. The lowest BCUT2D eigenvalue weighted by Crippen LogP contribution is -2.41. The van der Waals surface area contributed by atoms with E-state index < -0.39 is 5.60 Å². The summed E-state index contributed by atoms with van der Waals surface area (Å²) in [5, 5.41) is 11.3. The zero-order valence-corrected chi connectivity index (χ0v) is 11.6. The van der Waals surface area contributed by atoms with Crippen molar-refractivity contribution in [1.82, 2.24) is 4.90 Å². The van der Waals surface area contributed by atoms with Crippen LogP contribution in [0.4, 0.5) is 0 Å². The Hall–Kier alpha value is -1.06. The highest BCUT2D eigenvalue weighted by Crippen LogP contribution is 2.48. The summed E-state index contributed by atoms with van der Waals surface area (Å²) in [5.74, 6) is 1.21. The lowest BCUT2D eigenvalue weighted by molar-refractivity contribution is -0.0176. The number of aliphatic hydroxyl groups is 1. The van der Waals surface area contributed by atoms with Crippen molar-refractivity contribution in [3.63, 3.8) is 0 Å². The molecule has 1 aliphatic heterocycles. The fraction of sp³-hybridized carbons (Fsp3) is 0.625. The molecule has 1 aromatic rings. The highest BCUT2D eigenvalue weighted by molar-refractivity contribution is 5.39. The zero-order valence-electron chi connectivity index (χ0n) is 11.6. The minimum atomic E-state index is -0.739. The molecule has 0 aromatic heterocycles. The summed E-state index contributed by atoms with van der Waals surface area (Å²) < 4.78 is 5.46. The van der Waals surface area contributed by atoms with Crippen molar-refractivity contribution >= 4 is 0 Å². The molecule has 3 nitrogen and oxygen atoms in total. The highest BCUT2D eigenvalue weighted by Gasteiger charge is 2.47. The number of hydrogen-bond acceptors (Lipinski definition) is 3. The molecule has 3 rings (SSSR count). The quantitative estimate of drug-likeness (QED) is 0.883. The Labute approximate surface area is 115 Å². The van der Waals surface area contributed by atoms with E-state index >= 15 is 0 Å². The maximum absolute atomic E-state index is 11.3. The second kappa shape index (κ2) is 5.14. The molecule has 1 aliphatic carbocycles. The molecule has 19 heavy (non-hydrogen) atoms. The summed E-state index contributed by atoms with van der Waals surface area (Å²) >= 11 is 0. The average Bonchev–Trinajstić information content (AvgIpc) is 3.19. The second-order valence-electron chi connectivity index (χ2n) is 5.88. The predicted octanol–water partition coefficient (Wildman–Crippen LogP) is 2.39. The first-order chi connectivity index (χ1) is 9.24.